The average molecular weight is 478 g/mol. The highest BCUT2D eigenvalue weighted by molar-refractivity contribution is 5.93. The predicted octanol–water partition coefficient (Wildman–Crippen LogP) is 0.886. The summed E-state index contributed by atoms with van der Waals surface area (Å²) in [6, 6.07) is 1.38. The number of halogens is 3. The second-order valence-electron chi connectivity index (χ2n) is 7.42. The van der Waals surface area contributed by atoms with Crippen molar-refractivity contribution in [1.29, 1.82) is 0 Å². The zero-order valence-corrected chi connectivity index (χ0v) is 17.9. The molecule has 0 radical (unpaired) electrons. The Balaban J connectivity index is 2.03. The Kier molecular flexibility index (Phi) is 7.53. The van der Waals surface area contributed by atoms with Crippen molar-refractivity contribution in [3.8, 4) is 0 Å². The van der Waals surface area contributed by atoms with E-state index in [0.29, 0.717) is 6.07 Å². The van der Waals surface area contributed by atoms with Gasteiger partial charge in [0, 0.05) is 30.4 Å². The molecule has 3 rings (SSSR count). The van der Waals surface area contributed by atoms with E-state index in [-0.39, 0.29) is 18.5 Å². The molecule has 0 saturated heterocycles. The normalized spacial score (nSPS) is 13.7. The number of nitrogens with zero attached hydrogens (tertiary/aromatic N) is 5. The Morgan fingerprint density at radius 2 is 1.85 bits per heavy atom. The lowest BCUT2D eigenvalue weighted by atomic mass is 9.79. The molecule has 5 N–H and O–H groups in total. The summed E-state index contributed by atoms with van der Waals surface area (Å²) >= 11 is 0. The monoisotopic (exact) mass is 478 g/mol. The van der Waals surface area contributed by atoms with Gasteiger partial charge in [-0.25, -0.2) is 38.6 Å². The lowest BCUT2D eigenvalue weighted by Crippen LogP contribution is -2.39. The van der Waals surface area contributed by atoms with Crippen LogP contribution < -0.4 is 16.6 Å². The highest BCUT2D eigenvalue weighted by atomic mass is 19.1. The number of nitrogens with two attached hydrogens (primary N) is 1. The van der Waals surface area contributed by atoms with Gasteiger partial charge in [0.25, 0.3) is 0 Å². The fraction of sp³-hybridized carbons (Fsp3) is 0.300. The van der Waals surface area contributed by atoms with E-state index in [2.05, 4.69) is 25.4 Å². The van der Waals surface area contributed by atoms with Gasteiger partial charge in [-0.3, -0.25) is 15.0 Å². The van der Waals surface area contributed by atoms with Crippen LogP contribution in [-0.4, -0.2) is 41.7 Å². The Bertz CT molecular complexity index is 1180. The van der Waals surface area contributed by atoms with E-state index in [1.165, 1.54) is 24.3 Å². The first-order valence-corrected chi connectivity index (χ1v) is 9.94. The topological polar surface area (TPSA) is 161 Å². The minimum absolute atomic E-state index is 0.222. The molecule has 34 heavy (non-hydrogen) atoms. The summed E-state index contributed by atoms with van der Waals surface area (Å²) in [6.45, 7) is 0.985. The van der Waals surface area contributed by atoms with E-state index < -0.39 is 58.6 Å². The number of hydrazine groups is 1. The van der Waals surface area contributed by atoms with Gasteiger partial charge in [0.05, 0.1) is 24.1 Å². The number of carbonyl (C=O) groups excluding carboxylic acids is 2. The van der Waals surface area contributed by atoms with Crippen LogP contribution in [0.2, 0.25) is 0 Å². The molecule has 0 aliphatic rings. The van der Waals surface area contributed by atoms with E-state index in [1.54, 1.807) is 0 Å². The number of carbonyl (C=O) groups is 2. The number of benzene rings is 1. The van der Waals surface area contributed by atoms with Crippen LogP contribution in [0, 0.1) is 17.5 Å². The van der Waals surface area contributed by atoms with Crippen LogP contribution in [0.15, 0.2) is 37.3 Å². The van der Waals surface area contributed by atoms with Gasteiger partial charge in [-0.2, -0.15) is 5.10 Å². The maximum Gasteiger partial charge on any atom is 0.234 e. The second-order valence-corrected chi connectivity index (χ2v) is 7.42. The smallest absolute Gasteiger partial charge is 0.234 e. The molecule has 2 heterocycles. The number of nitrogens with one attached hydrogen (secondary N) is 2. The lowest BCUT2D eigenvalue weighted by molar-refractivity contribution is -0.124. The highest BCUT2D eigenvalue weighted by Crippen LogP contribution is 2.40. The van der Waals surface area contributed by atoms with Gasteiger partial charge in [-0.15, -0.1) is 0 Å². The van der Waals surface area contributed by atoms with E-state index in [4.69, 9.17) is 5.84 Å². The van der Waals surface area contributed by atoms with Crippen LogP contribution in [0.1, 0.15) is 36.9 Å². The van der Waals surface area contributed by atoms with Crippen molar-refractivity contribution in [2.45, 2.75) is 37.8 Å². The molecule has 180 valence electrons. The molecule has 0 spiro atoms. The van der Waals surface area contributed by atoms with Gasteiger partial charge >= 0.3 is 0 Å². The summed E-state index contributed by atoms with van der Waals surface area (Å²) in [4.78, 5) is 34.6. The first kappa shape index (κ1) is 24.7. The SMILES string of the molecule is C[C@@H](c1ncncc1F)[C@](O)(Cn1cncn1)c1cc(NC(=O)CCC(=O)NN)c(F)cc1F. The molecule has 2 amide bonds. The van der Waals surface area contributed by atoms with Crippen LogP contribution in [0.3, 0.4) is 0 Å². The fourth-order valence-corrected chi connectivity index (χ4v) is 3.37. The summed E-state index contributed by atoms with van der Waals surface area (Å²) in [5, 5.41) is 17.8. The molecule has 0 bridgehead atoms. The summed E-state index contributed by atoms with van der Waals surface area (Å²) in [5.74, 6) is -0.718. The average Bonchev–Trinajstić information content (AvgIpc) is 3.31. The van der Waals surface area contributed by atoms with E-state index in [1.807, 2.05) is 5.43 Å². The van der Waals surface area contributed by atoms with Gasteiger partial charge in [-0.05, 0) is 6.07 Å². The molecule has 14 heteroatoms. The third-order valence-corrected chi connectivity index (χ3v) is 5.23. The summed E-state index contributed by atoms with van der Waals surface area (Å²) < 4.78 is 45.1. The second kappa shape index (κ2) is 10.4. The molecule has 0 saturated carbocycles. The first-order valence-electron chi connectivity index (χ1n) is 9.94. The number of anilines is 1. The predicted molar refractivity (Wildman–Crippen MR) is 111 cm³/mol. The number of rotatable bonds is 9. The van der Waals surface area contributed by atoms with Crippen LogP contribution in [0.5, 0.6) is 0 Å². The Labute approximate surface area is 191 Å². The van der Waals surface area contributed by atoms with Gasteiger partial charge < -0.3 is 10.4 Å². The van der Waals surface area contributed by atoms with Gasteiger partial charge in [-0.1, -0.05) is 6.92 Å². The van der Waals surface area contributed by atoms with Crippen molar-refractivity contribution in [2.75, 3.05) is 5.32 Å². The third-order valence-electron chi connectivity index (χ3n) is 5.23. The molecule has 1 aromatic carbocycles. The van der Waals surface area contributed by atoms with Gasteiger partial charge in [0.15, 0.2) is 5.82 Å². The summed E-state index contributed by atoms with van der Waals surface area (Å²) in [7, 11) is 0. The highest BCUT2D eigenvalue weighted by Gasteiger charge is 2.42. The van der Waals surface area contributed by atoms with Gasteiger partial charge in [0.1, 0.15) is 36.2 Å². The number of hydrogen-bond donors (Lipinski definition) is 4. The van der Waals surface area contributed by atoms with Crippen LogP contribution >= 0.6 is 0 Å². The molecular weight excluding hydrogens is 457 g/mol. The summed E-state index contributed by atoms with van der Waals surface area (Å²) in [5.41, 5.74) is -1.50. The number of hydrogen-bond acceptors (Lipinski definition) is 8. The zero-order chi connectivity index (χ0) is 24.9. The molecule has 3 aromatic rings. The van der Waals surface area contributed by atoms with Crippen LogP contribution in [0.25, 0.3) is 0 Å². The maximum absolute atomic E-state index is 15.0. The quantitative estimate of drug-likeness (QED) is 0.200. The van der Waals surface area contributed by atoms with Crippen molar-refractivity contribution < 1.29 is 27.9 Å². The molecule has 2 atom stereocenters. The molecule has 0 aliphatic carbocycles. The molecule has 0 fully saturated rings. The number of aliphatic hydroxyl groups is 1. The van der Waals surface area contributed by atoms with Crippen LogP contribution in [-0.2, 0) is 21.7 Å². The number of aromatic nitrogens is 5. The standard InChI is InChI=1S/C20H21F3N8O3/c1-11(19-15(23)6-25-8-27-19)20(34,7-31-10-26-9-28-31)12-4-16(14(22)5-13(12)21)29-17(32)2-3-18(33)30-24/h4-6,8-11,34H,2-3,7,24H2,1H3,(H,29,32)(H,30,33)/t11-,20+/m0/s1. The molecule has 2 aromatic heterocycles. The largest absolute Gasteiger partial charge is 0.382 e. The number of amides is 2. The van der Waals surface area contributed by atoms with Gasteiger partial charge in [0.2, 0.25) is 11.8 Å². The Morgan fingerprint density at radius 3 is 2.50 bits per heavy atom. The van der Waals surface area contributed by atoms with Crippen molar-refractivity contribution in [3.63, 3.8) is 0 Å². The molecule has 0 unspecified atom stereocenters. The van der Waals surface area contributed by atoms with E-state index in [0.717, 1.165) is 18.6 Å². The third kappa shape index (κ3) is 5.35. The van der Waals surface area contributed by atoms with Crippen molar-refractivity contribution in [3.05, 3.63) is 66.0 Å². The van der Waals surface area contributed by atoms with Crippen molar-refractivity contribution in [2.24, 2.45) is 5.84 Å². The molecule has 11 nitrogen and oxygen atoms in total. The fourth-order valence-electron chi connectivity index (χ4n) is 3.37. The minimum Gasteiger partial charge on any atom is -0.382 e. The Morgan fingerprint density at radius 1 is 1.12 bits per heavy atom. The Hall–Kier alpha value is -3.91. The molecular formula is C20H21F3N8O3. The maximum atomic E-state index is 15.0. The van der Waals surface area contributed by atoms with Crippen LogP contribution in [0.4, 0.5) is 18.9 Å². The molecule has 0 aliphatic heterocycles. The summed E-state index contributed by atoms with van der Waals surface area (Å²) in [6.07, 6.45) is 3.79. The minimum atomic E-state index is -2.22. The van der Waals surface area contributed by atoms with E-state index >= 15 is 4.39 Å². The van der Waals surface area contributed by atoms with Crippen molar-refractivity contribution in [1.82, 2.24) is 30.2 Å². The van der Waals surface area contributed by atoms with E-state index in [9.17, 15) is 23.5 Å². The zero-order valence-electron chi connectivity index (χ0n) is 17.9. The first-order chi connectivity index (χ1) is 16.2. The lowest BCUT2D eigenvalue weighted by Gasteiger charge is -2.34. The van der Waals surface area contributed by atoms with Crippen molar-refractivity contribution >= 4 is 17.5 Å².